The summed E-state index contributed by atoms with van der Waals surface area (Å²) in [5, 5.41) is 12.0. The number of phenolic OH excluding ortho intramolecular Hbond substituents is 1. The van der Waals surface area contributed by atoms with Gasteiger partial charge in [0.2, 0.25) is 0 Å². The molecule has 1 N–H and O–H groups in total. The summed E-state index contributed by atoms with van der Waals surface area (Å²) in [6.07, 6.45) is 1.61. The van der Waals surface area contributed by atoms with Crippen molar-refractivity contribution >= 4 is 10.8 Å². The van der Waals surface area contributed by atoms with Crippen LogP contribution in [0.1, 0.15) is 0 Å². The molecule has 0 radical (unpaired) electrons. The summed E-state index contributed by atoms with van der Waals surface area (Å²) < 4.78 is 5.35. The van der Waals surface area contributed by atoms with Crippen LogP contribution in [0.25, 0.3) is 22.1 Å². The second-order valence-electron chi connectivity index (χ2n) is 3.66. The van der Waals surface area contributed by atoms with Crippen molar-refractivity contribution in [3.05, 3.63) is 54.8 Å². The Balaban J connectivity index is 2.42. The monoisotopic (exact) mass is 210 g/mol. The molecule has 0 saturated carbocycles. The van der Waals surface area contributed by atoms with Gasteiger partial charge in [-0.05, 0) is 29.0 Å². The van der Waals surface area contributed by atoms with Crippen LogP contribution in [0.4, 0.5) is 0 Å². The van der Waals surface area contributed by atoms with Gasteiger partial charge in [0.15, 0.2) is 0 Å². The van der Waals surface area contributed by atoms with E-state index in [4.69, 9.17) is 4.42 Å². The van der Waals surface area contributed by atoms with Crippen LogP contribution in [0, 0.1) is 0 Å². The van der Waals surface area contributed by atoms with E-state index < -0.39 is 0 Å². The number of fused-ring (bicyclic) bond motifs is 1. The Kier molecular flexibility index (Phi) is 1.93. The van der Waals surface area contributed by atoms with Gasteiger partial charge in [0.1, 0.15) is 11.5 Å². The number of hydrogen-bond acceptors (Lipinski definition) is 2. The van der Waals surface area contributed by atoms with Crippen molar-refractivity contribution in [1.29, 1.82) is 0 Å². The molecule has 2 aromatic carbocycles. The van der Waals surface area contributed by atoms with Crippen molar-refractivity contribution in [2.45, 2.75) is 0 Å². The molecule has 0 amide bonds. The van der Waals surface area contributed by atoms with E-state index in [0.717, 1.165) is 16.3 Å². The van der Waals surface area contributed by atoms with E-state index in [1.165, 1.54) is 0 Å². The van der Waals surface area contributed by atoms with Gasteiger partial charge < -0.3 is 9.52 Å². The average molecular weight is 210 g/mol. The molecule has 1 heterocycles. The Morgan fingerprint density at radius 1 is 0.875 bits per heavy atom. The Morgan fingerprint density at radius 3 is 2.56 bits per heavy atom. The molecule has 0 aliphatic carbocycles. The van der Waals surface area contributed by atoms with E-state index >= 15 is 0 Å². The molecular weight excluding hydrogens is 200 g/mol. The smallest absolute Gasteiger partial charge is 0.138 e. The lowest BCUT2D eigenvalue weighted by molar-refractivity contribution is 0.474. The highest BCUT2D eigenvalue weighted by Crippen LogP contribution is 2.36. The van der Waals surface area contributed by atoms with Crippen LogP contribution in [-0.2, 0) is 0 Å². The van der Waals surface area contributed by atoms with Crippen molar-refractivity contribution in [2.24, 2.45) is 0 Å². The molecule has 2 nitrogen and oxygen atoms in total. The van der Waals surface area contributed by atoms with Crippen molar-refractivity contribution in [2.75, 3.05) is 0 Å². The lowest BCUT2D eigenvalue weighted by Gasteiger charge is -2.06. The Bertz CT molecular complexity index is 624. The van der Waals surface area contributed by atoms with Crippen LogP contribution < -0.4 is 0 Å². The molecular formula is C14H10O2. The highest BCUT2D eigenvalue weighted by atomic mass is 16.3. The third-order valence-corrected chi connectivity index (χ3v) is 2.67. The molecule has 0 spiro atoms. The molecule has 0 aliphatic heterocycles. The van der Waals surface area contributed by atoms with E-state index in [-0.39, 0.29) is 5.75 Å². The standard InChI is InChI=1S/C14H10O2/c15-12-8-7-10-4-1-2-5-11(10)14(12)13-6-3-9-16-13/h1-9,15H. The molecule has 3 rings (SSSR count). The summed E-state index contributed by atoms with van der Waals surface area (Å²) >= 11 is 0. The van der Waals surface area contributed by atoms with E-state index in [1.807, 2.05) is 42.5 Å². The molecule has 0 saturated heterocycles. The first kappa shape index (κ1) is 9.04. The van der Waals surface area contributed by atoms with Crippen LogP contribution in [0.3, 0.4) is 0 Å². The van der Waals surface area contributed by atoms with Gasteiger partial charge in [-0.3, -0.25) is 0 Å². The van der Waals surface area contributed by atoms with Crippen LogP contribution >= 0.6 is 0 Å². The van der Waals surface area contributed by atoms with E-state index in [1.54, 1.807) is 12.3 Å². The highest BCUT2D eigenvalue weighted by molar-refractivity contribution is 5.98. The van der Waals surface area contributed by atoms with Gasteiger partial charge in [-0.1, -0.05) is 30.3 Å². The maximum atomic E-state index is 9.92. The lowest BCUT2D eigenvalue weighted by atomic mass is 10.0. The normalized spacial score (nSPS) is 10.8. The fraction of sp³-hybridized carbons (Fsp3) is 0. The summed E-state index contributed by atoms with van der Waals surface area (Å²) in [6.45, 7) is 0. The number of hydrogen-bond donors (Lipinski definition) is 1. The zero-order valence-corrected chi connectivity index (χ0v) is 8.55. The molecule has 0 unspecified atom stereocenters. The van der Waals surface area contributed by atoms with Gasteiger partial charge >= 0.3 is 0 Å². The van der Waals surface area contributed by atoms with Gasteiger partial charge in [-0.15, -0.1) is 0 Å². The molecule has 0 fully saturated rings. The average Bonchev–Trinajstić information content (AvgIpc) is 2.82. The second-order valence-corrected chi connectivity index (χ2v) is 3.66. The minimum atomic E-state index is 0.244. The third kappa shape index (κ3) is 1.27. The van der Waals surface area contributed by atoms with E-state index in [9.17, 15) is 5.11 Å². The summed E-state index contributed by atoms with van der Waals surface area (Å²) in [7, 11) is 0. The first-order valence-corrected chi connectivity index (χ1v) is 5.11. The molecule has 16 heavy (non-hydrogen) atoms. The predicted octanol–water partition coefficient (Wildman–Crippen LogP) is 3.81. The molecule has 0 atom stereocenters. The molecule has 0 bridgehead atoms. The van der Waals surface area contributed by atoms with Crippen molar-refractivity contribution in [3.8, 4) is 17.1 Å². The highest BCUT2D eigenvalue weighted by Gasteiger charge is 2.10. The van der Waals surface area contributed by atoms with Gasteiger partial charge in [-0.25, -0.2) is 0 Å². The van der Waals surface area contributed by atoms with Gasteiger partial charge in [0.05, 0.1) is 11.8 Å². The minimum Gasteiger partial charge on any atom is -0.507 e. The van der Waals surface area contributed by atoms with Crippen LogP contribution in [0.15, 0.2) is 59.2 Å². The number of rotatable bonds is 1. The maximum Gasteiger partial charge on any atom is 0.138 e. The third-order valence-electron chi connectivity index (χ3n) is 2.67. The zero-order chi connectivity index (χ0) is 11.0. The number of phenols is 1. The first-order chi connectivity index (χ1) is 7.86. The lowest BCUT2D eigenvalue weighted by Crippen LogP contribution is -1.80. The first-order valence-electron chi connectivity index (χ1n) is 5.11. The topological polar surface area (TPSA) is 33.4 Å². The Hall–Kier alpha value is -2.22. The number of aromatic hydroxyl groups is 1. The van der Waals surface area contributed by atoms with Gasteiger partial charge in [0.25, 0.3) is 0 Å². The molecule has 2 heteroatoms. The van der Waals surface area contributed by atoms with E-state index in [2.05, 4.69) is 0 Å². The largest absolute Gasteiger partial charge is 0.507 e. The van der Waals surface area contributed by atoms with Crippen LogP contribution in [0.2, 0.25) is 0 Å². The molecule has 78 valence electrons. The SMILES string of the molecule is Oc1ccc2ccccc2c1-c1ccco1. The fourth-order valence-corrected chi connectivity index (χ4v) is 1.94. The van der Waals surface area contributed by atoms with Crippen LogP contribution in [-0.4, -0.2) is 5.11 Å². The molecule has 1 aromatic heterocycles. The summed E-state index contributed by atoms with van der Waals surface area (Å²) in [5.74, 6) is 0.933. The summed E-state index contributed by atoms with van der Waals surface area (Å²) in [5.41, 5.74) is 0.753. The zero-order valence-electron chi connectivity index (χ0n) is 8.55. The predicted molar refractivity (Wildman–Crippen MR) is 63.3 cm³/mol. The van der Waals surface area contributed by atoms with E-state index in [0.29, 0.717) is 5.76 Å². The number of furan rings is 1. The second kappa shape index (κ2) is 3.42. The van der Waals surface area contributed by atoms with Gasteiger partial charge in [0, 0.05) is 0 Å². The minimum absolute atomic E-state index is 0.244. The summed E-state index contributed by atoms with van der Waals surface area (Å²) in [6, 6.07) is 15.2. The van der Waals surface area contributed by atoms with Crippen molar-refractivity contribution in [3.63, 3.8) is 0 Å². The Morgan fingerprint density at radius 2 is 1.75 bits per heavy atom. The van der Waals surface area contributed by atoms with Crippen molar-refractivity contribution in [1.82, 2.24) is 0 Å². The fourth-order valence-electron chi connectivity index (χ4n) is 1.94. The quantitative estimate of drug-likeness (QED) is 0.662. The van der Waals surface area contributed by atoms with Gasteiger partial charge in [-0.2, -0.15) is 0 Å². The van der Waals surface area contributed by atoms with Crippen LogP contribution in [0.5, 0.6) is 5.75 Å². The maximum absolute atomic E-state index is 9.92. The Labute approximate surface area is 92.8 Å². The molecule has 3 aromatic rings. The van der Waals surface area contributed by atoms with Crippen molar-refractivity contribution < 1.29 is 9.52 Å². The number of benzene rings is 2. The summed E-state index contributed by atoms with van der Waals surface area (Å²) in [4.78, 5) is 0. The molecule has 0 aliphatic rings.